The second kappa shape index (κ2) is 27.2. The number of primary amides is 1. The number of carbonyl (C=O) groups is 9. The monoisotopic (exact) mass is 1220 g/mol. The van der Waals surface area contributed by atoms with Gasteiger partial charge in [-0.25, -0.2) is 4.79 Å². The molecule has 23 nitrogen and oxygen atoms in total. The molecule has 0 radical (unpaired) electrons. The summed E-state index contributed by atoms with van der Waals surface area (Å²) in [7, 11) is -2.52. The summed E-state index contributed by atoms with van der Waals surface area (Å²) in [5.74, 6) is -3.93. The Hall–Kier alpha value is -8.53. The number of H-pyrrole nitrogens is 1. The summed E-state index contributed by atoms with van der Waals surface area (Å²) < 4.78 is 27.0. The van der Waals surface area contributed by atoms with Gasteiger partial charge in [0, 0.05) is 61.9 Å². The lowest BCUT2D eigenvalue weighted by molar-refractivity contribution is -0.146. The Morgan fingerprint density at radius 1 is 0.761 bits per heavy atom. The van der Waals surface area contributed by atoms with Crippen molar-refractivity contribution in [1.29, 1.82) is 0 Å². The number of fused-ring (bicyclic) bond motifs is 3. The zero-order chi connectivity index (χ0) is 62.4. The van der Waals surface area contributed by atoms with E-state index < -0.39 is 84.8 Å². The van der Waals surface area contributed by atoms with E-state index in [1.807, 2.05) is 78.9 Å². The second-order valence-corrected chi connectivity index (χ2v) is 25.3. The second-order valence-electron chi connectivity index (χ2n) is 23.4. The number of aromatic nitrogens is 3. The van der Waals surface area contributed by atoms with Crippen molar-refractivity contribution in [2.45, 2.75) is 134 Å². The Morgan fingerprint density at radius 2 is 1.44 bits per heavy atom. The first-order valence-corrected chi connectivity index (χ1v) is 31.9. The summed E-state index contributed by atoms with van der Waals surface area (Å²) in [6, 6.07) is 24.7. The lowest BCUT2D eigenvalue weighted by Crippen LogP contribution is -2.62. The molecule has 4 aliphatic rings. The fourth-order valence-electron chi connectivity index (χ4n) is 13.1. The number of hydrogen-bond acceptors (Lipinski definition) is 13. The summed E-state index contributed by atoms with van der Waals surface area (Å²) in [6.07, 6.45) is 5.08. The van der Waals surface area contributed by atoms with Gasteiger partial charge in [-0.1, -0.05) is 66.7 Å². The number of imidazole rings is 1. The SMILES string of the molecule is CCOP(=O)(OCC)C(=O)c1ccc2[nH]c(C(=O)N[C@H]3CN(C(=O)C[C@H]4CC[C@@H](Cc5ccc6c(c5)n(C)c(=O)n6[C@@H]5CCC(=O)NC5=O)CC4)CC[C@H]4CC[C@@H](C(=O)N[C@@H](CCC(N)=O)C(=O)NC(c5ccccc5)c5ccccc5)N4C3=O)cc2c1. The summed E-state index contributed by atoms with van der Waals surface area (Å²) in [5.41, 5.74) is 8.78. The minimum atomic E-state index is -4.18. The highest BCUT2D eigenvalue weighted by Gasteiger charge is 2.47. The number of aryl methyl sites for hydroxylation is 1. The van der Waals surface area contributed by atoms with E-state index in [2.05, 4.69) is 26.3 Å². The Kier molecular flexibility index (Phi) is 19.4. The molecule has 3 aliphatic heterocycles. The minimum absolute atomic E-state index is 0.0105. The molecule has 2 aromatic heterocycles. The average Bonchev–Trinajstić information content (AvgIpc) is 1.84. The van der Waals surface area contributed by atoms with Gasteiger partial charge >= 0.3 is 13.3 Å². The van der Waals surface area contributed by atoms with Crippen LogP contribution < -0.4 is 32.7 Å². The zero-order valence-corrected chi connectivity index (χ0v) is 50.5. The molecular formula is C64H75N10O13P. The van der Waals surface area contributed by atoms with Crippen molar-refractivity contribution in [3.05, 3.63) is 142 Å². The van der Waals surface area contributed by atoms with E-state index >= 15 is 4.79 Å². The molecule has 4 fully saturated rings. The highest BCUT2D eigenvalue weighted by atomic mass is 31.2. The van der Waals surface area contributed by atoms with Crippen LogP contribution in [0.4, 0.5) is 0 Å². The highest BCUT2D eigenvalue weighted by Crippen LogP contribution is 2.51. The number of nitrogens with one attached hydrogen (secondary N) is 5. The Morgan fingerprint density at radius 3 is 2.10 bits per heavy atom. The predicted molar refractivity (Wildman–Crippen MR) is 325 cm³/mol. The molecule has 7 N–H and O–H groups in total. The van der Waals surface area contributed by atoms with E-state index in [1.54, 1.807) is 31.9 Å². The molecule has 5 heterocycles. The fraction of sp³-hybridized carbons (Fsp3) is 0.438. The zero-order valence-electron chi connectivity index (χ0n) is 49.6. The maximum Gasteiger partial charge on any atom is 0.401 e. The van der Waals surface area contributed by atoms with E-state index in [9.17, 15) is 47.7 Å². The number of aromatic amines is 1. The molecule has 0 unspecified atom stereocenters. The van der Waals surface area contributed by atoms with Crippen LogP contribution in [-0.4, -0.2) is 127 Å². The van der Waals surface area contributed by atoms with Crippen molar-refractivity contribution in [3.8, 4) is 0 Å². The molecule has 10 rings (SSSR count). The Bertz CT molecular complexity index is 3710. The molecule has 5 atom stereocenters. The Labute approximate surface area is 508 Å². The molecule has 88 heavy (non-hydrogen) atoms. The van der Waals surface area contributed by atoms with Crippen molar-refractivity contribution in [1.82, 2.24) is 45.2 Å². The topological polar surface area (TPSA) is 312 Å². The number of nitrogens with zero attached hydrogens (tertiary/aromatic N) is 4. The molecule has 1 aliphatic carbocycles. The molecule has 1 saturated carbocycles. The summed E-state index contributed by atoms with van der Waals surface area (Å²) in [5, 5.41) is 11.6. The van der Waals surface area contributed by atoms with Crippen LogP contribution in [0.1, 0.15) is 141 Å². The van der Waals surface area contributed by atoms with Crippen LogP contribution in [-0.2, 0) is 60.6 Å². The van der Waals surface area contributed by atoms with Crippen LogP contribution in [0.3, 0.4) is 0 Å². The standard InChI is InChI=1S/C64H75N10O13P/c1-4-86-88(85,87-5-2)63(83)43-21-23-46-44(35-43)36-48(66-46)59(79)68-49-37-72(56(77)34-39-18-16-38(17-19-39)32-40-20-25-50-53(33-40)71(3)64(84)74(50)52-27-29-55(76)69-61(52)81)31-30-45-22-26-51(73(45)62(49)82)60(80)67-47(24-28-54(65)75)58(78)70-57(41-12-8-6-9-13-41)42-14-10-7-11-15-42/h6-15,20-21,23,25,33,35-36,38-39,45,47,49,51-52,57,66H,4-5,16-19,22,24,26-32,34,37H2,1-3H3,(H2,65,75)(H,67,80)(H,68,79)(H,70,78)(H,69,76,81)/t38-,39+,45-,47+,49+,51+,52-/m1/s1. The number of amides is 8. The molecule has 464 valence electrons. The van der Waals surface area contributed by atoms with E-state index in [4.69, 9.17) is 14.8 Å². The number of nitrogens with two attached hydrogens (primary N) is 1. The first-order valence-electron chi connectivity index (χ1n) is 30.3. The van der Waals surface area contributed by atoms with Crippen molar-refractivity contribution in [2.24, 2.45) is 24.6 Å². The van der Waals surface area contributed by atoms with Gasteiger partial charge in [-0.05, 0) is 143 Å². The number of imide groups is 1. The number of benzene rings is 4. The fourth-order valence-corrected chi connectivity index (χ4v) is 14.5. The first-order chi connectivity index (χ1) is 42.3. The number of hydrogen-bond donors (Lipinski definition) is 6. The van der Waals surface area contributed by atoms with Crippen LogP contribution in [0, 0.1) is 11.8 Å². The molecule has 4 aromatic carbocycles. The van der Waals surface area contributed by atoms with E-state index in [0.29, 0.717) is 40.7 Å². The minimum Gasteiger partial charge on any atom is -0.370 e. The van der Waals surface area contributed by atoms with Crippen molar-refractivity contribution in [3.63, 3.8) is 0 Å². The van der Waals surface area contributed by atoms with Crippen LogP contribution in [0.5, 0.6) is 0 Å². The molecule has 3 saturated heterocycles. The molecule has 8 amide bonds. The molecular weight excluding hydrogens is 1150 g/mol. The van der Waals surface area contributed by atoms with Gasteiger partial charge in [-0.3, -0.25) is 62.2 Å². The van der Waals surface area contributed by atoms with Crippen LogP contribution in [0.25, 0.3) is 21.9 Å². The van der Waals surface area contributed by atoms with Crippen molar-refractivity contribution in [2.75, 3.05) is 26.3 Å². The summed E-state index contributed by atoms with van der Waals surface area (Å²) >= 11 is 0. The Balaban J connectivity index is 0.855. The average molecular weight is 1220 g/mol. The van der Waals surface area contributed by atoms with Crippen molar-refractivity contribution >= 4 is 82.3 Å². The maximum absolute atomic E-state index is 15.3. The van der Waals surface area contributed by atoms with Gasteiger partial charge in [-0.2, -0.15) is 0 Å². The third-order valence-electron chi connectivity index (χ3n) is 17.6. The van der Waals surface area contributed by atoms with E-state index in [0.717, 1.165) is 48.8 Å². The molecule has 0 spiro atoms. The third kappa shape index (κ3) is 13.8. The van der Waals surface area contributed by atoms with Gasteiger partial charge in [-0.15, -0.1) is 0 Å². The van der Waals surface area contributed by atoms with Gasteiger partial charge in [0.05, 0.1) is 30.3 Å². The first kappa shape index (κ1) is 62.5. The quantitative estimate of drug-likeness (QED) is 0.0337. The highest BCUT2D eigenvalue weighted by molar-refractivity contribution is 7.72. The largest absolute Gasteiger partial charge is 0.401 e. The summed E-state index contributed by atoms with van der Waals surface area (Å²) in [4.78, 5) is 143. The predicted octanol–water partition coefficient (Wildman–Crippen LogP) is 5.99. The lowest BCUT2D eigenvalue weighted by atomic mass is 9.78. The van der Waals surface area contributed by atoms with Crippen LogP contribution in [0.15, 0.2) is 108 Å². The van der Waals surface area contributed by atoms with E-state index in [1.165, 1.54) is 32.2 Å². The molecule has 0 bridgehead atoms. The van der Waals surface area contributed by atoms with Gasteiger partial charge in [0.1, 0.15) is 29.9 Å². The number of carbonyl (C=O) groups excluding carboxylic acids is 9. The third-order valence-corrected chi connectivity index (χ3v) is 19.6. The van der Waals surface area contributed by atoms with Crippen LogP contribution in [0.2, 0.25) is 0 Å². The van der Waals surface area contributed by atoms with E-state index in [-0.39, 0.29) is 99.5 Å². The smallest absolute Gasteiger partial charge is 0.370 e. The van der Waals surface area contributed by atoms with Crippen LogP contribution >= 0.6 is 7.60 Å². The van der Waals surface area contributed by atoms with Crippen molar-refractivity contribution < 1.29 is 56.8 Å². The summed E-state index contributed by atoms with van der Waals surface area (Å²) in [6.45, 7) is 3.10. The van der Waals surface area contributed by atoms with Gasteiger partial charge < -0.3 is 45.5 Å². The molecule has 6 aromatic rings. The maximum atomic E-state index is 15.3. The lowest BCUT2D eigenvalue weighted by Gasteiger charge is -2.39. The normalized spacial score (nSPS) is 21.1. The van der Waals surface area contributed by atoms with Gasteiger partial charge in [0.25, 0.3) is 11.4 Å². The van der Waals surface area contributed by atoms with Gasteiger partial charge in [0.2, 0.25) is 41.4 Å². The number of rotatable bonds is 22. The van der Waals surface area contributed by atoms with Gasteiger partial charge in [0.15, 0.2) is 0 Å². The number of piperidine rings is 1. The molecule has 24 heteroatoms.